The van der Waals surface area contributed by atoms with Crippen LogP contribution in [0.25, 0.3) is 0 Å². The summed E-state index contributed by atoms with van der Waals surface area (Å²) >= 11 is 0. The van der Waals surface area contributed by atoms with E-state index in [1.807, 2.05) is 0 Å². The zero-order chi connectivity index (χ0) is 8.36. The van der Waals surface area contributed by atoms with Gasteiger partial charge in [0.25, 0.3) is 0 Å². The fourth-order valence-corrected chi connectivity index (χ4v) is 1.02. The average Bonchev–Trinajstić information content (AvgIpc) is 2.03. The maximum atomic E-state index is 5.36. The Morgan fingerprint density at radius 1 is 1.00 bits per heavy atom. The van der Waals surface area contributed by atoms with Crippen LogP contribution < -0.4 is 5.32 Å². The van der Waals surface area contributed by atoms with Crippen molar-refractivity contribution in [1.82, 2.24) is 5.32 Å². The molecule has 66 valence electrons. The molecule has 0 bridgehead atoms. The molecule has 0 atom stereocenters. The zero-order valence-corrected chi connectivity index (χ0v) is 7.73. The van der Waals surface area contributed by atoms with Gasteiger partial charge in [-0.1, -0.05) is 26.2 Å². The molecular weight excluding hydrogens is 134 g/mol. The van der Waals surface area contributed by atoms with Crippen LogP contribution in [0.3, 0.4) is 0 Å². The van der Waals surface area contributed by atoms with Crippen molar-refractivity contribution in [1.29, 1.82) is 0 Å². The van der Waals surface area contributed by atoms with Crippen LogP contribution in [0.15, 0.2) is 0 Å². The molecule has 0 unspecified atom stereocenters. The van der Waals surface area contributed by atoms with Gasteiger partial charge in [-0.25, -0.2) is 0 Å². The molecule has 0 aromatic carbocycles. The second-order valence-corrected chi connectivity index (χ2v) is 2.95. The fraction of sp³-hybridized carbons (Fsp3) is 0.900. The standard InChI is InChI=1S/C10H21N/c1-3-5-7-9-11-10-8-6-4-2/h1,11H,3-10H2,2H3. The smallest absolute Gasteiger partial charge is 0.00489 e. The molecule has 0 amide bonds. The van der Waals surface area contributed by atoms with E-state index in [2.05, 4.69) is 12.2 Å². The highest BCUT2D eigenvalue weighted by atomic mass is 14.8. The van der Waals surface area contributed by atoms with E-state index < -0.39 is 0 Å². The molecule has 0 fully saturated rings. The van der Waals surface area contributed by atoms with Crippen molar-refractivity contribution in [2.75, 3.05) is 13.1 Å². The van der Waals surface area contributed by atoms with Crippen LogP contribution in [-0.2, 0) is 0 Å². The van der Waals surface area contributed by atoms with Gasteiger partial charge in [0.05, 0.1) is 0 Å². The van der Waals surface area contributed by atoms with Crippen molar-refractivity contribution in [2.24, 2.45) is 0 Å². The summed E-state index contributed by atoms with van der Waals surface area (Å²) in [5.41, 5.74) is 0. The van der Waals surface area contributed by atoms with Crippen molar-refractivity contribution >= 4 is 0 Å². The van der Waals surface area contributed by atoms with Crippen molar-refractivity contribution in [3.05, 3.63) is 6.92 Å². The number of hydrogen-bond acceptors (Lipinski definition) is 1. The number of hydrogen-bond donors (Lipinski definition) is 1. The Morgan fingerprint density at radius 3 is 2.18 bits per heavy atom. The highest BCUT2D eigenvalue weighted by Gasteiger charge is 1.87. The summed E-state index contributed by atoms with van der Waals surface area (Å²) in [5.74, 6) is 0. The van der Waals surface area contributed by atoms with Crippen LogP contribution in [0.2, 0.25) is 0 Å². The summed E-state index contributed by atoms with van der Waals surface area (Å²) in [4.78, 5) is 0. The average molecular weight is 155 g/mol. The lowest BCUT2D eigenvalue weighted by Gasteiger charge is -2.02. The SMILES string of the molecule is [CH]CCCCNCCCCC. The Balaban J connectivity index is 2.69. The van der Waals surface area contributed by atoms with E-state index in [1.165, 1.54) is 32.2 Å². The van der Waals surface area contributed by atoms with Gasteiger partial charge in [-0.2, -0.15) is 0 Å². The lowest BCUT2D eigenvalue weighted by Crippen LogP contribution is -2.16. The first kappa shape index (κ1) is 11.0. The molecule has 0 saturated carbocycles. The minimum atomic E-state index is 0.830. The van der Waals surface area contributed by atoms with E-state index in [0.717, 1.165) is 19.4 Å². The Labute approximate surface area is 71.6 Å². The van der Waals surface area contributed by atoms with Gasteiger partial charge in [-0.3, -0.25) is 0 Å². The van der Waals surface area contributed by atoms with Gasteiger partial charge in [-0.05, 0) is 39.3 Å². The summed E-state index contributed by atoms with van der Waals surface area (Å²) in [6.07, 6.45) is 7.19. The van der Waals surface area contributed by atoms with Crippen LogP contribution in [0.1, 0.15) is 45.4 Å². The Morgan fingerprint density at radius 2 is 1.64 bits per heavy atom. The lowest BCUT2D eigenvalue weighted by molar-refractivity contribution is 0.588. The van der Waals surface area contributed by atoms with Gasteiger partial charge in [0, 0.05) is 0 Å². The number of nitrogens with one attached hydrogen (secondary N) is 1. The minimum Gasteiger partial charge on any atom is -0.317 e. The van der Waals surface area contributed by atoms with E-state index >= 15 is 0 Å². The number of unbranched alkanes of at least 4 members (excludes halogenated alkanes) is 4. The highest BCUT2D eigenvalue weighted by Crippen LogP contribution is 1.93. The molecule has 11 heavy (non-hydrogen) atoms. The van der Waals surface area contributed by atoms with Crippen LogP contribution in [-0.4, -0.2) is 13.1 Å². The Bertz CT molecular complexity index is 53.9. The topological polar surface area (TPSA) is 12.0 Å². The van der Waals surface area contributed by atoms with Crippen molar-refractivity contribution in [2.45, 2.75) is 45.4 Å². The third-order valence-corrected chi connectivity index (χ3v) is 1.76. The molecule has 1 nitrogen and oxygen atoms in total. The molecule has 2 radical (unpaired) electrons. The Hall–Kier alpha value is -0.0400. The van der Waals surface area contributed by atoms with Gasteiger partial charge >= 0.3 is 0 Å². The normalized spacial score (nSPS) is 10.4. The predicted molar refractivity (Wildman–Crippen MR) is 50.5 cm³/mol. The van der Waals surface area contributed by atoms with E-state index in [1.54, 1.807) is 0 Å². The maximum Gasteiger partial charge on any atom is -0.00489 e. The van der Waals surface area contributed by atoms with E-state index in [9.17, 15) is 0 Å². The van der Waals surface area contributed by atoms with Crippen molar-refractivity contribution in [3.8, 4) is 0 Å². The third-order valence-electron chi connectivity index (χ3n) is 1.76. The summed E-state index contributed by atoms with van der Waals surface area (Å²) in [7, 11) is 0. The summed E-state index contributed by atoms with van der Waals surface area (Å²) < 4.78 is 0. The zero-order valence-electron chi connectivity index (χ0n) is 7.73. The first-order chi connectivity index (χ1) is 5.41. The van der Waals surface area contributed by atoms with E-state index in [-0.39, 0.29) is 0 Å². The molecule has 0 aromatic rings. The van der Waals surface area contributed by atoms with Crippen LogP contribution in [0, 0.1) is 6.92 Å². The molecule has 0 saturated heterocycles. The molecule has 1 N–H and O–H groups in total. The lowest BCUT2D eigenvalue weighted by atomic mass is 10.2. The largest absolute Gasteiger partial charge is 0.317 e. The van der Waals surface area contributed by atoms with Gasteiger partial charge in [0.2, 0.25) is 0 Å². The monoisotopic (exact) mass is 155 g/mol. The second-order valence-electron chi connectivity index (χ2n) is 2.95. The van der Waals surface area contributed by atoms with Crippen LogP contribution in [0.5, 0.6) is 0 Å². The summed E-state index contributed by atoms with van der Waals surface area (Å²) in [6, 6.07) is 0. The molecule has 0 spiro atoms. The van der Waals surface area contributed by atoms with Gasteiger partial charge in [0.1, 0.15) is 0 Å². The highest BCUT2D eigenvalue weighted by molar-refractivity contribution is 4.49. The molecule has 0 aromatic heterocycles. The molecular formula is C10H21N. The molecule has 0 rings (SSSR count). The molecule has 0 heterocycles. The molecule has 0 aliphatic rings. The molecule has 0 aliphatic heterocycles. The molecule has 0 aliphatic carbocycles. The first-order valence-electron chi connectivity index (χ1n) is 4.82. The van der Waals surface area contributed by atoms with Gasteiger partial charge in [-0.15, -0.1) is 0 Å². The fourth-order valence-electron chi connectivity index (χ4n) is 1.02. The third kappa shape index (κ3) is 9.96. The second kappa shape index (κ2) is 9.96. The first-order valence-corrected chi connectivity index (χ1v) is 4.82. The summed E-state index contributed by atoms with van der Waals surface area (Å²) in [5, 5.41) is 3.40. The maximum absolute atomic E-state index is 5.36. The van der Waals surface area contributed by atoms with Crippen LogP contribution in [0.4, 0.5) is 0 Å². The Kier molecular flexibility index (Phi) is 9.92. The number of rotatable bonds is 8. The summed E-state index contributed by atoms with van der Waals surface area (Å²) in [6.45, 7) is 9.91. The van der Waals surface area contributed by atoms with E-state index in [0.29, 0.717) is 0 Å². The quantitative estimate of drug-likeness (QED) is 0.531. The van der Waals surface area contributed by atoms with E-state index in [4.69, 9.17) is 6.92 Å². The van der Waals surface area contributed by atoms with Crippen molar-refractivity contribution < 1.29 is 0 Å². The van der Waals surface area contributed by atoms with Gasteiger partial charge in [0.15, 0.2) is 0 Å². The van der Waals surface area contributed by atoms with Crippen molar-refractivity contribution in [3.63, 3.8) is 0 Å². The molecule has 1 heteroatoms. The van der Waals surface area contributed by atoms with Crippen LogP contribution >= 0.6 is 0 Å². The minimum absolute atomic E-state index is 0.830. The predicted octanol–water partition coefficient (Wildman–Crippen LogP) is 2.65. The van der Waals surface area contributed by atoms with Gasteiger partial charge < -0.3 is 5.32 Å².